The molecular formula is C15H23BrN2O2S. The van der Waals surface area contributed by atoms with Gasteiger partial charge < -0.3 is 5.32 Å². The van der Waals surface area contributed by atoms with Crippen LogP contribution in [0.5, 0.6) is 0 Å². The number of benzene rings is 1. The quantitative estimate of drug-likeness (QED) is 0.881. The molecule has 0 aromatic heterocycles. The van der Waals surface area contributed by atoms with Crippen LogP contribution >= 0.6 is 15.9 Å². The van der Waals surface area contributed by atoms with Crippen molar-refractivity contribution in [1.82, 2.24) is 9.62 Å². The van der Waals surface area contributed by atoms with Crippen molar-refractivity contribution in [2.24, 2.45) is 5.41 Å². The first-order valence-electron chi connectivity index (χ1n) is 7.11. The molecule has 1 aromatic carbocycles. The number of sulfonamides is 1. The van der Waals surface area contributed by atoms with E-state index >= 15 is 0 Å². The van der Waals surface area contributed by atoms with Crippen LogP contribution in [0.25, 0.3) is 0 Å². The Labute approximate surface area is 136 Å². The Hall–Kier alpha value is -0.430. The topological polar surface area (TPSA) is 49.4 Å². The van der Waals surface area contributed by atoms with Crippen LogP contribution < -0.4 is 5.32 Å². The molecule has 0 unspecified atom stereocenters. The second-order valence-corrected chi connectivity index (χ2v) is 9.24. The van der Waals surface area contributed by atoms with E-state index in [1.807, 2.05) is 20.0 Å². The van der Waals surface area contributed by atoms with Crippen molar-refractivity contribution in [1.29, 1.82) is 0 Å². The molecular weight excluding hydrogens is 352 g/mol. The predicted octanol–water partition coefficient (Wildman–Crippen LogP) is 2.90. The Morgan fingerprint density at radius 3 is 2.57 bits per heavy atom. The maximum atomic E-state index is 12.9. The summed E-state index contributed by atoms with van der Waals surface area (Å²) in [5.41, 5.74) is 1.80. The summed E-state index contributed by atoms with van der Waals surface area (Å²) in [6.07, 6.45) is 0.905. The summed E-state index contributed by atoms with van der Waals surface area (Å²) in [5.74, 6) is 0. The number of nitrogens with one attached hydrogen (secondary N) is 1. The van der Waals surface area contributed by atoms with Crippen LogP contribution in [0.3, 0.4) is 0 Å². The highest BCUT2D eigenvalue weighted by Gasteiger charge is 2.37. The minimum absolute atomic E-state index is 0.0563. The zero-order chi connectivity index (χ0) is 15.8. The highest BCUT2D eigenvalue weighted by molar-refractivity contribution is 9.10. The minimum Gasteiger partial charge on any atom is -0.316 e. The van der Waals surface area contributed by atoms with Gasteiger partial charge in [0.15, 0.2) is 0 Å². The van der Waals surface area contributed by atoms with E-state index in [1.54, 1.807) is 10.4 Å². The first-order valence-corrected chi connectivity index (χ1v) is 9.34. The van der Waals surface area contributed by atoms with Gasteiger partial charge in [-0.05, 0) is 49.1 Å². The molecule has 1 heterocycles. The van der Waals surface area contributed by atoms with Gasteiger partial charge in [-0.3, -0.25) is 0 Å². The Morgan fingerprint density at radius 1 is 1.38 bits per heavy atom. The van der Waals surface area contributed by atoms with Gasteiger partial charge in [0, 0.05) is 24.1 Å². The molecule has 1 fully saturated rings. The molecule has 0 spiro atoms. The molecule has 118 valence electrons. The summed E-state index contributed by atoms with van der Waals surface area (Å²) in [6, 6.07) is 3.76. The third-order valence-corrected chi connectivity index (χ3v) is 6.79. The van der Waals surface area contributed by atoms with E-state index in [1.165, 1.54) is 0 Å². The molecule has 1 aliphatic rings. The van der Waals surface area contributed by atoms with Gasteiger partial charge >= 0.3 is 0 Å². The van der Waals surface area contributed by atoms with Crippen molar-refractivity contribution >= 4 is 26.0 Å². The normalized spacial score (nSPS) is 19.1. The van der Waals surface area contributed by atoms with E-state index < -0.39 is 10.0 Å². The number of nitrogens with zero attached hydrogens (tertiary/aromatic N) is 1. The van der Waals surface area contributed by atoms with Gasteiger partial charge in [0.2, 0.25) is 10.0 Å². The van der Waals surface area contributed by atoms with Crippen molar-refractivity contribution < 1.29 is 8.42 Å². The SMILES string of the molecule is CNCc1cc(Br)c(C)c(S(=O)(=O)N2CCC(C)(C)C2)c1. The largest absolute Gasteiger partial charge is 0.316 e. The third-order valence-electron chi connectivity index (χ3n) is 4.00. The van der Waals surface area contributed by atoms with Gasteiger partial charge in [-0.1, -0.05) is 29.8 Å². The lowest BCUT2D eigenvalue weighted by Gasteiger charge is -2.21. The fourth-order valence-electron chi connectivity index (χ4n) is 2.69. The molecule has 4 nitrogen and oxygen atoms in total. The summed E-state index contributed by atoms with van der Waals surface area (Å²) < 4.78 is 28.3. The summed E-state index contributed by atoms with van der Waals surface area (Å²) in [4.78, 5) is 0.417. The van der Waals surface area contributed by atoms with Crippen molar-refractivity contribution in [3.63, 3.8) is 0 Å². The van der Waals surface area contributed by atoms with Crippen molar-refractivity contribution in [3.8, 4) is 0 Å². The van der Waals surface area contributed by atoms with Crippen LogP contribution in [0.2, 0.25) is 0 Å². The smallest absolute Gasteiger partial charge is 0.243 e. The fraction of sp³-hybridized carbons (Fsp3) is 0.600. The van der Waals surface area contributed by atoms with Crippen LogP contribution in [0, 0.1) is 12.3 Å². The average Bonchev–Trinajstić information content (AvgIpc) is 2.75. The van der Waals surface area contributed by atoms with E-state index in [4.69, 9.17) is 0 Å². The van der Waals surface area contributed by atoms with Gasteiger partial charge in [0.1, 0.15) is 0 Å². The van der Waals surface area contributed by atoms with Crippen LogP contribution in [0.4, 0.5) is 0 Å². The monoisotopic (exact) mass is 374 g/mol. The van der Waals surface area contributed by atoms with E-state index in [9.17, 15) is 8.42 Å². The second-order valence-electron chi connectivity index (χ2n) is 6.48. The Morgan fingerprint density at radius 2 is 2.05 bits per heavy atom. The molecule has 21 heavy (non-hydrogen) atoms. The first kappa shape index (κ1) is 16.9. The lowest BCUT2D eigenvalue weighted by atomic mass is 9.93. The van der Waals surface area contributed by atoms with Crippen LogP contribution in [-0.4, -0.2) is 32.9 Å². The number of rotatable bonds is 4. The standard InChI is InChI=1S/C15H23BrN2O2S/c1-11-13(16)7-12(9-17-4)8-14(11)21(19,20)18-6-5-15(2,3)10-18/h7-8,17H,5-6,9-10H2,1-4H3. The van der Waals surface area contributed by atoms with Crippen molar-refractivity contribution in [2.75, 3.05) is 20.1 Å². The lowest BCUT2D eigenvalue weighted by Crippen LogP contribution is -2.31. The number of halogens is 1. The lowest BCUT2D eigenvalue weighted by molar-refractivity contribution is 0.375. The second kappa shape index (κ2) is 5.99. The van der Waals surface area contributed by atoms with E-state index in [2.05, 4.69) is 35.1 Å². The molecule has 0 aliphatic carbocycles. The molecule has 0 bridgehead atoms. The Bertz CT molecular complexity index is 641. The summed E-state index contributed by atoms with van der Waals surface area (Å²) in [6.45, 7) is 7.91. The number of hydrogen-bond acceptors (Lipinski definition) is 3. The van der Waals surface area contributed by atoms with Gasteiger partial charge in [0.25, 0.3) is 0 Å². The average molecular weight is 375 g/mol. The van der Waals surface area contributed by atoms with Crippen molar-refractivity contribution in [3.05, 3.63) is 27.7 Å². The molecule has 0 radical (unpaired) electrons. The van der Waals surface area contributed by atoms with Gasteiger partial charge in [-0.15, -0.1) is 0 Å². The van der Waals surface area contributed by atoms with Crippen LogP contribution in [-0.2, 0) is 16.6 Å². The van der Waals surface area contributed by atoms with Crippen molar-refractivity contribution in [2.45, 2.75) is 38.6 Å². The summed E-state index contributed by atoms with van der Waals surface area (Å²) in [7, 11) is -1.58. The predicted molar refractivity (Wildman–Crippen MR) is 88.8 cm³/mol. The van der Waals surface area contributed by atoms with E-state index in [-0.39, 0.29) is 5.41 Å². The van der Waals surface area contributed by atoms with Crippen LogP contribution in [0.15, 0.2) is 21.5 Å². The molecule has 1 aliphatic heterocycles. The molecule has 0 atom stereocenters. The molecule has 6 heteroatoms. The van der Waals surface area contributed by atoms with Crippen LogP contribution in [0.1, 0.15) is 31.4 Å². The summed E-state index contributed by atoms with van der Waals surface area (Å²) in [5, 5.41) is 3.06. The van der Waals surface area contributed by atoms with Gasteiger partial charge in [-0.2, -0.15) is 4.31 Å². The Balaban J connectivity index is 2.45. The highest BCUT2D eigenvalue weighted by atomic mass is 79.9. The third kappa shape index (κ3) is 3.50. The fourth-order valence-corrected chi connectivity index (χ4v) is 5.25. The van der Waals surface area contributed by atoms with Gasteiger partial charge in [-0.25, -0.2) is 8.42 Å². The molecule has 0 saturated carbocycles. The minimum atomic E-state index is -3.43. The maximum absolute atomic E-state index is 12.9. The highest BCUT2D eigenvalue weighted by Crippen LogP contribution is 2.35. The number of hydrogen-bond donors (Lipinski definition) is 1. The zero-order valence-corrected chi connectivity index (χ0v) is 15.4. The molecule has 1 saturated heterocycles. The molecule has 1 aromatic rings. The first-order chi connectivity index (χ1) is 9.67. The van der Waals surface area contributed by atoms with Gasteiger partial charge in [0.05, 0.1) is 4.90 Å². The molecule has 2 rings (SSSR count). The summed E-state index contributed by atoms with van der Waals surface area (Å²) >= 11 is 3.48. The molecule has 0 amide bonds. The van der Waals surface area contributed by atoms with E-state index in [0.29, 0.717) is 24.5 Å². The van der Waals surface area contributed by atoms with E-state index in [0.717, 1.165) is 22.0 Å². The molecule has 1 N–H and O–H groups in total. The zero-order valence-electron chi connectivity index (χ0n) is 13.0. The maximum Gasteiger partial charge on any atom is 0.243 e. The Kier molecular flexibility index (Phi) is 4.83.